The summed E-state index contributed by atoms with van der Waals surface area (Å²) in [4.78, 5) is 34.2. The van der Waals surface area contributed by atoms with E-state index in [1.807, 2.05) is 0 Å². The Morgan fingerprint density at radius 3 is 2.36 bits per heavy atom. The highest BCUT2D eigenvalue weighted by atomic mass is 32.2. The van der Waals surface area contributed by atoms with Crippen LogP contribution in [0.15, 0.2) is 35.2 Å². The number of aliphatic carboxylic acids is 1. The first-order valence-electron chi connectivity index (χ1n) is 7.72. The van der Waals surface area contributed by atoms with E-state index in [0.29, 0.717) is 0 Å². The fourth-order valence-electron chi connectivity index (χ4n) is 1.99. The highest BCUT2D eigenvalue weighted by Gasteiger charge is 2.24. The van der Waals surface area contributed by atoms with Crippen LogP contribution in [0.1, 0.15) is 26.2 Å². The second kappa shape index (κ2) is 9.77. The molecule has 138 valence electrons. The third-order valence-electron chi connectivity index (χ3n) is 3.27. The molecule has 0 heterocycles. The highest BCUT2D eigenvalue weighted by Crippen LogP contribution is 2.12. The number of carbonyl (C=O) groups is 3. The third kappa shape index (κ3) is 7.34. The number of sulfone groups is 1. The average molecular weight is 371 g/mol. The van der Waals surface area contributed by atoms with Gasteiger partial charge in [-0.2, -0.15) is 0 Å². The molecule has 1 atom stereocenters. The number of carboxylic acid groups (broad SMARTS) is 1. The molecule has 0 spiro atoms. The first kappa shape index (κ1) is 20.6. The molecule has 0 aliphatic heterocycles. The largest absolute Gasteiger partial charge is 0.480 e. The van der Waals surface area contributed by atoms with Crippen LogP contribution in [0.2, 0.25) is 0 Å². The zero-order valence-corrected chi connectivity index (χ0v) is 14.6. The molecule has 25 heavy (non-hydrogen) atoms. The van der Waals surface area contributed by atoms with Crippen molar-refractivity contribution in [3.63, 3.8) is 0 Å². The van der Waals surface area contributed by atoms with Crippen molar-refractivity contribution in [2.75, 3.05) is 12.4 Å². The lowest BCUT2D eigenvalue weighted by Crippen LogP contribution is -2.42. The summed E-state index contributed by atoms with van der Waals surface area (Å²) < 4.78 is 29.0. The van der Waals surface area contributed by atoms with E-state index in [0.717, 1.165) is 0 Å². The van der Waals surface area contributed by atoms with Crippen molar-refractivity contribution in [1.29, 1.82) is 0 Å². The molecule has 0 fully saturated rings. The average Bonchev–Trinajstić information content (AvgIpc) is 2.57. The van der Waals surface area contributed by atoms with Crippen LogP contribution in [0.25, 0.3) is 0 Å². The van der Waals surface area contributed by atoms with E-state index in [-0.39, 0.29) is 30.8 Å². The van der Waals surface area contributed by atoms with Crippen LogP contribution < -0.4 is 5.32 Å². The minimum atomic E-state index is -3.65. The monoisotopic (exact) mass is 371 g/mol. The summed E-state index contributed by atoms with van der Waals surface area (Å²) in [5.74, 6) is -2.98. The Bertz CT molecular complexity index is 700. The summed E-state index contributed by atoms with van der Waals surface area (Å²) in [7, 11) is -3.65. The van der Waals surface area contributed by atoms with Crippen molar-refractivity contribution < 1.29 is 32.6 Å². The Labute approximate surface area is 146 Å². The Morgan fingerprint density at radius 2 is 1.80 bits per heavy atom. The molecule has 0 bridgehead atoms. The van der Waals surface area contributed by atoms with E-state index in [4.69, 9.17) is 5.11 Å². The smallest absolute Gasteiger partial charge is 0.326 e. The highest BCUT2D eigenvalue weighted by molar-refractivity contribution is 7.91. The van der Waals surface area contributed by atoms with Crippen LogP contribution in [-0.4, -0.2) is 49.8 Å². The van der Waals surface area contributed by atoms with Crippen molar-refractivity contribution in [2.24, 2.45) is 0 Å². The maximum atomic E-state index is 12.2. The predicted octanol–water partition coefficient (Wildman–Crippen LogP) is 0.763. The summed E-state index contributed by atoms with van der Waals surface area (Å²) in [5.41, 5.74) is 0. The Balaban J connectivity index is 2.59. The first-order valence-corrected chi connectivity index (χ1v) is 9.37. The summed E-state index contributed by atoms with van der Waals surface area (Å²) in [6, 6.07) is 6.29. The molecule has 1 amide bonds. The molecular weight excluding hydrogens is 350 g/mol. The number of benzene rings is 1. The van der Waals surface area contributed by atoms with Gasteiger partial charge in [0.05, 0.1) is 23.7 Å². The molecule has 0 aromatic heterocycles. The molecule has 0 unspecified atom stereocenters. The molecular formula is C16H21NO7S. The van der Waals surface area contributed by atoms with Gasteiger partial charge in [0.1, 0.15) is 6.04 Å². The van der Waals surface area contributed by atoms with Crippen molar-refractivity contribution in [2.45, 2.75) is 37.1 Å². The minimum absolute atomic E-state index is 0.0905. The normalized spacial score (nSPS) is 12.2. The molecule has 0 aliphatic rings. The van der Waals surface area contributed by atoms with Gasteiger partial charge in [0.2, 0.25) is 5.91 Å². The van der Waals surface area contributed by atoms with Crippen molar-refractivity contribution in [3.05, 3.63) is 30.3 Å². The van der Waals surface area contributed by atoms with E-state index in [1.165, 1.54) is 12.1 Å². The van der Waals surface area contributed by atoms with E-state index in [1.54, 1.807) is 25.1 Å². The van der Waals surface area contributed by atoms with Gasteiger partial charge in [0.15, 0.2) is 9.84 Å². The summed E-state index contributed by atoms with van der Waals surface area (Å²) in [6.45, 7) is 1.82. The zero-order valence-electron chi connectivity index (χ0n) is 13.8. The SMILES string of the molecule is CCOC(=O)CCC(=O)N[C@@H](CCS(=O)(=O)c1ccccc1)C(=O)O. The number of rotatable bonds is 10. The molecule has 0 aliphatic carbocycles. The molecule has 8 nitrogen and oxygen atoms in total. The van der Waals surface area contributed by atoms with Gasteiger partial charge in [0, 0.05) is 6.42 Å². The second-order valence-electron chi connectivity index (χ2n) is 5.18. The van der Waals surface area contributed by atoms with Crippen LogP contribution in [0.3, 0.4) is 0 Å². The number of ether oxygens (including phenoxy) is 1. The zero-order chi connectivity index (χ0) is 18.9. The number of hydrogen-bond donors (Lipinski definition) is 2. The van der Waals surface area contributed by atoms with Crippen LogP contribution in [0.5, 0.6) is 0 Å². The quantitative estimate of drug-likeness (QED) is 0.581. The van der Waals surface area contributed by atoms with Gasteiger partial charge in [0.25, 0.3) is 0 Å². The molecule has 0 saturated carbocycles. The Hall–Kier alpha value is -2.42. The standard InChI is InChI=1S/C16H21NO7S/c1-2-24-15(19)9-8-14(18)17-13(16(20)21)10-11-25(22,23)12-6-4-3-5-7-12/h3-7,13H,2,8-11H2,1H3,(H,17,18)(H,20,21)/t13-/m0/s1. The van der Waals surface area contributed by atoms with Gasteiger partial charge in [-0.25, -0.2) is 13.2 Å². The number of carboxylic acids is 1. The molecule has 1 aromatic carbocycles. The minimum Gasteiger partial charge on any atom is -0.480 e. The lowest BCUT2D eigenvalue weighted by molar-refractivity contribution is -0.144. The first-order chi connectivity index (χ1) is 11.8. The van der Waals surface area contributed by atoms with Crippen molar-refractivity contribution in [3.8, 4) is 0 Å². The van der Waals surface area contributed by atoms with Crippen LogP contribution >= 0.6 is 0 Å². The lowest BCUT2D eigenvalue weighted by atomic mass is 10.2. The number of carbonyl (C=O) groups excluding carboxylic acids is 2. The Morgan fingerprint density at radius 1 is 1.16 bits per heavy atom. The molecule has 0 radical (unpaired) electrons. The molecule has 2 N–H and O–H groups in total. The van der Waals surface area contributed by atoms with Gasteiger partial charge >= 0.3 is 11.9 Å². The Kier molecular flexibility index (Phi) is 8.06. The fourth-order valence-corrected chi connectivity index (χ4v) is 3.34. The number of hydrogen-bond acceptors (Lipinski definition) is 6. The lowest BCUT2D eigenvalue weighted by Gasteiger charge is -2.14. The maximum absolute atomic E-state index is 12.2. The van der Waals surface area contributed by atoms with Crippen LogP contribution in [-0.2, 0) is 29.0 Å². The number of esters is 1. The van der Waals surface area contributed by atoms with Gasteiger partial charge < -0.3 is 15.2 Å². The van der Waals surface area contributed by atoms with E-state index in [9.17, 15) is 22.8 Å². The van der Waals surface area contributed by atoms with Crippen molar-refractivity contribution in [1.82, 2.24) is 5.32 Å². The maximum Gasteiger partial charge on any atom is 0.326 e. The van der Waals surface area contributed by atoms with Crippen LogP contribution in [0, 0.1) is 0 Å². The van der Waals surface area contributed by atoms with Gasteiger partial charge in [-0.1, -0.05) is 18.2 Å². The molecule has 1 rings (SSSR count). The summed E-state index contributed by atoms with van der Waals surface area (Å²) in [5, 5.41) is 11.4. The van der Waals surface area contributed by atoms with E-state index >= 15 is 0 Å². The van der Waals surface area contributed by atoms with Gasteiger partial charge in [-0.3, -0.25) is 9.59 Å². The number of amides is 1. The summed E-state index contributed by atoms with van der Waals surface area (Å²) >= 11 is 0. The topological polar surface area (TPSA) is 127 Å². The fraction of sp³-hybridized carbons (Fsp3) is 0.438. The number of nitrogens with one attached hydrogen (secondary N) is 1. The second-order valence-corrected chi connectivity index (χ2v) is 7.29. The van der Waals surface area contributed by atoms with Crippen LogP contribution in [0.4, 0.5) is 0 Å². The van der Waals surface area contributed by atoms with Crippen molar-refractivity contribution >= 4 is 27.7 Å². The van der Waals surface area contributed by atoms with E-state index in [2.05, 4.69) is 10.1 Å². The molecule has 1 aromatic rings. The molecule has 0 saturated heterocycles. The summed E-state index contributed by atoms with van der Waals surface area (Å²) in [6.07, 6.45) is -0.680. The van der Waals surface area contributed by atoms with E-state index < -0.39 is 39.5 Å². The van der Waals surface area contributed by atoms with Gasteiger partial charge in [-0.05, 0) is 25.5 Å². The third-order valence-corrected chi connectivity index (χ3v) is 5.04. The van der Waals surface area contributed by atoms with Gasteiger partial charge in [-0.15, -0.1) is 0 Å². The molecule has 9 heteroatoms. The predicted molar refractivity (Wildman–Crippen MR) is 88.5 cm³/mol.